The van der Waals surface area contributed by atoms with Crippen LogP contribution in [-0.2, 0) is 6.54 Å². The molecule has 0 fully saturated rings. The molecule has 0 aliphatic carbocycles. The lowest BCUT2D eigenvalue weighted by Gasteiger charge is -2.09. The van der Waals surface area contributed by atoms with Crippen molar-refractivity contribution in [1.82, 2.24) is 0 Å². The first-order chi connectivity index (χ1) is 8.29. The normalized spacial score (nSPS) is 12.4. The highest BCUT2D eigenvalue weighted by Crippen LogP contribution is 2.19. The SMILES string of the molecule is CCC(C)c1cccc(C[n+]2ccccc2)c1. The Morgan fingerprint density at radius 3 is 2.53 bits per heavy atom. The maximum absolute atomic E-state index is 2.33. The number of benzene rings is 1. The summed E-state index contributed by atoms with van der Waals surface area (Å²) < 4.78 is 2.20. The Morgan fingerprint density at radius 1 is 1.06 bits per heavy atom. The van der Waals surface area contributed by atoms with E-state index in [4.69, 9.17) is 0 Å². The molecule has 17 heavy (non-hydrogen) atoms. The molecular formula is C16H20N+. The predicted molar refractivity (Wildman–Crippen MR) is 70.9 cm³/mol. The van der Waals surface area contributed by atoms with E-state index >= 15 is 0 Å². The maximum atomic E-state index is 2.33. The molecule has 1 heterocycles. The Balaban J connectivity index is 2.17. The van der Waals surface area contributed by atoms with E-state index in [0.29, 0.717) is 5.92 Å². The van der Waals surface area contributed by atoms with E-state index in [1.807, 2.05) is 6.07 Å². The zero-order chi connectivity index (χ0) is 12.1. The minimum atomic E-state index is 0.649. The van der Waals surface area contributed by atoms with Crippen LogP contribution in [0.5, 0.6) is 0 Å². The molecule has 0 amide bonds. The summed E-state index contributed by atoms with van der Waals surface area (Å²) in [6, 6.07) is 15.1. The lowest BCUT2D eigenvalue weighted by atomic mass is 9.97. The van der Waals surface area contributed by atoms with E-state index < -0.39 is 0 Å². The molecule has 1 unspecified atom stereocenters. The van der Waals surface area contributed by atoms with Crippen LogP contribution in [0.3, 0.4) is 0 Å². The summed E-state index contributed by atoms with van der Waals surface area (Å²) in [5, 5.41) is 0. The first-order valence-corrected chi connectivity index (χ1v) is 6.32. The van der Waals surface area contributed by atoms with Gasteiger partial charge in [0.1, 0.15) is 0 Å². The fourth-order valence-corrected chi connectivity index (χ4v) is 1.98. The third-order valence-electron chi connectivity index (χ3n) is 3.27. The van der Waals surface area contributed by atoms with Gasteiger partial charge in [-0.2, -0.15) is 0 Å². The molecule has 2 rings (SSSR count). The van der Waals surface area contributed by atoms with Gasteiger partial charge in [0.05, 0.1) is 0 Å². The fourth-order valence-electron chi connectivity index (χ4n) is 1.98. The summed E-state index contributed by atoms with van der Waals surface area (Å²) in [6.07, 6.45) is 5.41. The Labute approximate surface area is 104 Å². The maximum Gasteiger partial charge on any atom is 0.173 e. The Morgan fingerprint density at radius 2 is 1.82 bits per heavy atom. The quantitative estimate of drug-likeness (QED) is 0.702. The zero-order valence-corrected chi connectivity index (χ0v) is 10.6. The first-order valence-electron chi connectivity index (χ1n) is 6.32. The Bertz CT molecular complexity index is 462. The Hall–Kier alpha value is -1.63. The molecule has 0 aliphatic rings. The zero-order valence-electron chi connectivity index (χ0n) is 10.6. The summed E-state index contributed by atoms with van der Waals surface area (Å²) in [4.78, 5) is 0. The number of hydrogen-bond acceptors (Lipinski definition) is 0. The molecule has 2 aromatic rings. The molecule has 0 aliphatic heterocycles. The largest absolute Gasteiger partial charge is 0.201 e. The van der Waals surface area contributed by atoms with E-state index in [-0.39, 0.29) is 0 Å². The summed E-state index contributed by atoms with van der Waals surface area (Å²) in [5.74, 6) is 0.649. The number of hydrogen-bond donors (Lipinski definition) is 0. The lowest BCUT2D eigenvalue weighted by molar-refractivity contribution is -0.688. The van der Waals surface area contributed by atoms with Crippen LogP contribution in [0.25, 0.3) is 0 Å². The van der Waals surface area contributed by atoms with Crippen molar-refractivity contribution in [2.24, 2.45) is 0 Å². The number of rotatable bonds is 4. The average Bonchev–Trinajstić information content (AvgIpc) is 2.39. The van der Waals surface area contributed by atoms with E-state index in [9.17, 15) is 0 Å². The van der Waals surface area contributed by atoms with Crippen molar-refractivity contribution < 1.29 is 4.57 Å². The van der Waals surface area contributed by atoms with Gasteiger partial charge < -0.3 is 0 Å². The third kappa shape index (κ3) is 3.16. The van der Waals surface area contributed by atoms with E-state index in [0.717, 1.165) is 6.54 Å². The van der Waals surface area contributed by atoms with Gasteiger partial charge in [0, 0.05) is 17.7 Å². The van der Waals surface area contributed by atoms with Crippen molar-refractivity contribution in [2.75, 3.05) is 0 Å². The number of nitrogens with zero attached hydrogens (tertiary/aromatic N) is 1. The molecule has 1 nitrogen and oxygen atoms in total. The second-order valence-electron chi connectivity index (χ2n) is 4.60. The fraction of sp³-hybridized carbons (Fsp3) is 0.312. The summed E-state index contributed by atoms with van der Waals surface area (Å²) in [5.41, 5.74) is 2.82. The van der Waals surface area contributed by atoms with Crippen molar-refractivity contribution in [3.05, 3.63) is 66.0 Å². The van der Waals surface area contributed by atoms with Gasteiger partial charge >= 0.3 is 0 Å². The molecule has 0 bridgehead atoms. The third-order valence-corrected chi connectivity index (χ3v) is 3.27. The molecule has 1 aromatic heterocycles. The summed E-state index contributed by atoms with van der Waals surface area (Å²) >= 11 is 0. The standard InChI is InChI=1S/C16H20N/c1-3-14(2)16-9-7-8-15(12-16)13-17-10-5-4-6-11-17/h4-12,14H,3,13H2,1-2H3/q+1. The van der Waals surface area contributed by atoms with Crippen LogP contribution in [0, 0.1) is 0 Å². The topological polar surface area (TPSA) is 3.88 Å². The van der Waals surface area contributed by atoms with Crippen LogP contribution in [-0.4, -0.2) is 0 Å². The van der Waals surface area contributed by atoms with Gasteiger partial charge in [0.25, 0.3) is 0 Å². The van der Waals surface area contributed by atoms with Crippen LogP contribution >= 0.6 is 0 Å². The van der Waals surface area contributed by atoms with Crippen molar-refractivity contribution in [1.29, 1.82) is 0 Å². The molecule has 1 atom stereocenters. The second-order valence-corrected chi connectivity index (χ2v) is 4.60. The number of pyridine rings is 1. The number of aromatic nitrogens is 1. The van der Waals surface area contributed by atoms with Crippen LogP contribution in [0.15, 0.2) is 54.9 Å². The molecule has 0 saturated carbocycles. The molecule has 88 valence electrons. The van der Waals surface area contributed by atoms with Gasteiger partial charge in [0.2, 0.25) is 0 Å². The molecule has 0 spiro atoms. The molecule has 1 heteroatoms. The van der Waals surface area contributed by atoms with Crippen LogP contribution in [0.1, 0.15) is 37.3 Å². The molecule has 0 N–H and O–H groups in total. The lowest BCUT2D eigenvalue weighted by Crippen LogP contribution is -2.32. The molecule has 0 radical (unpaired) electrons. The van der Waals surface area contributed by atoms with Crippen molar-refractivity contribution in [2.45, 2.75) is 32.7 Å². The van der Waals surface area contributed by atoms with Crippen LogP contribution in [0.2, 0.25) is 0 Å². The van der Waals surface area contributed by atoms with Gasteiger partial charge in [-0.15, -0.1) is 0 Å². The van der Waals surface area contributed by atoms with E-state index in [1.165, 1.54) is 17.5 Å². The van der Waals surface area contributed by atoms with Gasteiger partial charge in [-0.1, -0.05) is 38.1 Å². The van der Waals surface area contributed by atoms with Gasteiger partial charge in [-0.3, -0.25) is 0 Å². The Kier molecular flexibility index (Phi) is 3.92. The summed E-state index contributed by atoms with van der Waals surface area (Å²) in [7, 11) is 0. The van der Waals surface area contributed by atoms with Crippen molar-refractivity contribution in [3.8, 4) is 0 Å². The predicted octanol–water partition coefficient (Wildman–Crippen LogP) is 3.54. The highest BCUT2D eigenvalue weighted by Gasteiger charge is 2.06. The molecule has 1 aromatic carbocycles. The summed E-state index contributed by atoms with van der Waals surface area (Å²) in [6.45, 7) is 5.48. The molecular weight excluding hydrogens is 206 g/mol. The smallest absolute Gasteiger partial charge is 0.173 e. The van der Waals surface area contributed by atoms with Crippen molar-refractivity contribution in [3.63, 3.8) is 0 Å². The van der Waals surface area contributed by atoms with Crippen molar-refractivity contribution >= 4 is 0 Å². The second kappa shape index (κ2) is 5.62. The first kappa shape index (κ1) is 11.8. The highest BCUT2D eigenvalue weighted by molar-refractivity contribution is 5.25. The monoisotopic (exact) mass is 226 g/mol. The van der Waals surface area contributed by atoms with Gasteiger partial charge in [0.15, 0.2) is 18.9 Å². The van der Waals surface area contributed by atoms with Crippen LogP contribution in [0.4, 0.5) is 0 Å². The minimum Gasteiger partial charge on any atom is -0.201 e. The molecule has 0 saturated heterocycles. The van der Waals surface area contributed by atoms with Gasteiger partial charge in [-0.25, -0.2) is 4.57 Å². The minimum absolute atomic E-state index is 0.649. The van der Waals surface area contributed by atoms with E-state index in [1.54, 1.807) is 0 Å². The van der Waals surface area contributed by atoms with Gasteiger partial charge in [-0.05, 0) is 24.0 Å². The highest BCUT2D eigenvalue weighted by atomic mass is 14.9. The van der Waals surface area contributed by atoms with E-state index in [2.05, 4.69) is 67.2 Å². The van der Waals surface area contributed by atoms with Crippen LogP contribution < -0.4 is 4.57 Å². The average molecular weight is 226 g/mol.